The molecule has 1 fully saturated rings. The number of benzene rings is 2. The van der Waals surface area contributed by atoms with Crippen LogP contribution in [-0.4, -0.2) is 76.5 Å². The molecule has 0 atom stereocenters. The number of hydrogen-bond donors (Lipinski definition) is 2. The second-order valence-electron chi connectivity index (χ2n) is 9.14. The van der Waals surface area contributed by atoms with Crippen molar-refractivity contribution >= 4 is 26.9 Å². The Kier molecular flexibility index (Phi) is 7.19. The summed E-state index contributed by atoms with van der Waals surface area (Å²) in [4.78, 5) is 27.3. The molecule has 1 aliphatic heterocycles. The molecule has 200 valence electrons. The number of nitrogen functional groups attached to an aromatic ring is 1. The molecule has 3 heterocycles. The Labute approximate surface area is 220 Å². The predicted octanol–water partition coefficient (Wildman–Crippen LogP) is 2.47. The summed E-state index contributed by atoms with van der Waals surface area (Å²) in [5.74, 6) is 0.617. The zero-order chi connectivity index (χ0) is 26.9. The fourth-order valence-corrected chi connectivity index (χ4v) is 5.97. The molecule has 0 amide bonds. The zero-order valence-corrected chi connectivity index (χ0v) is 22.2. The van der Waals surface area contributed by atoms with Crippen molar-refractivity contribution in [3.05, 3.63) is 59.1 Å². The van der Waals surface area contributed by atoms with Gasteiger partial charge in [0.25, 0.3) is 5.56 Å². The molecule has 1 aliphatic rings. The van der Waals surface area contributed by atoms with Crippen molar-refractivity contribution in [1.82, 2.24) is 28.7 Å². The van der Waals surface area contributed by atoms with E-state index in [1.165, 1.54) is 16.7 Å². The van der Waals surface area contributed by atoms with Gasteiger partial charge in [-0.3, -0.25) is 9.36 Å². The lowest BCUT2D eigenvalue weighted by Gasteiger charge is -2.33. The van der Waals surface area contributed by atoms with Crippen molar-refractivity contribution in [3.63, 3.8) is 0 Å². The molecule has 0 spiro atoms. The lowest BCUT2D eigenvalue weighted by molar-refractivity contribution is 0.196. The van der Waals surface area contributed by atoms with Crippen molar-refractivity contribution in [2.24, 2.45) is 0 Å². The minimum atomic E-state index is -3.75. The number of ether oxygens (including phenoxy) is 1. The fraction of sp³-hybridized carbons (Fsp3) is 0.346. The predicted molar refractivity (Wildman–Crippen MR) is 146 cm³/mol. The normalized spacial score (nSPS) is 15.2. The lowest BCUT2D eigenvalue weighted by atomic mass is 10.2. The summed E-state index contributed by atoms with van der Waals surface area (Å²) in [6.45, 7) is 7.56. The van der Waals surface area contributed by atoms with E-state index in [0.717, 1.165) is 13.0 Å². The number of hydrogen-bond acceptors (Lipinski definition) is 8. The molecule has 3 N–H and O–H groups in total. The Balaban J connectivity index is 1.57. The molecule has 11 nitrogen and oxygen atoms in total. The van der Waals surface area contributed by atoms with E-state index >= 15 is 0 Å². The first-order valence-corrected chi connectivity index (χ1v) is 14.1. The van der Waals surface area contributed by atoms with Crippen molar-refractivity contribution in [2.45, 2.75) is 25.2 Å². The van der Waals surface area contributed by atoms with E-state index in [1.54, 1.807) is 41.0 Å². The van der Waals surface area contributed by atoms with Crippen LogP contribution in [-0.2, 0) is 10.0 Å². The minimum Gasteiger partial charge on any atom is -0.493 e. The maximum atomic E-state index is 13.5. The maximum absolute atomic E-state index is 13.5. The van der Waals surface area contributed by atoms with E-state index in [4.69, 9.17) is 10.5 Å². The first kappa shape index (κ1) is 25.9. The molecule has 0 radical (unpaired) electrons. The summed E-state index contributed by atoms with van der Waals surface area (Å²) in [7, 11) is -3.75. The van der Waals surface area contributed by atoms with Gasteiger partial charge in [-0.15, -0.1) is 0 Å². The summed E-state index contributed by atoms with van der Waals surface area (Å²) >= 11 is 0. The first-order chi connectivity index (χ1) is 18.3. The van der Waals surface area contributed by atoms with Crippen molar-refractivity contribution in [3.8, 4) is 22.8 Å². The number of H-pyrrole nitrogens is 1. The van der Waals surface area contributed by atoms with E-state index in [-0.39, 0.29) is 21.9 Å². The average molecular weight is 538 g/mol. The van der Waals surface area contributed by atoms with Crippen LogP contribution in [0.2, 0.25) is 0 Å². The largest absolute Gasteiger partial charge is 0.493 e. The highest BCUT2D eigenvalue weighted by atomic mass is 32.2. The minimum absolute atomic E-state index is 0.122. The number of fused-ring (bicyclic) bond motifs is 1. The number of nitrogens with one attached hydrogen (secondary N) is 1. The third kappa shape index (κ3) is 4.89. The number of imidazole rings is 1. The van der Waals surface area contributed by atoms with E-state index in [1.807, 2.05) is 6.92 Å². The molecule has 5 rings (SSSR count). The highest BCUT2D eigenvalue weighted by Gasteiger charge is 2.29. The van der Waals surface area contributed by atoms with Gasteiger partial charge in [0.15, 0.2) is 11.2 Å². The van der Waals surface area contributed by atoms with Crippen LogP contribution in [0, 0.1) is 0 Å². The van der Waals surface area contributed by atoms with Crippen LogP contribution in [0.5, 0.6) is 5.75 Å². The second-order valence-corrected chi connectivity index (χ2v) is 11.1. The molecule has 0 unspecified atom stereocenters. The van der Waals surface area contributed by atoms with Gasteiger partial charge in [0.2, 0.25) is 10.0 Å². The monoisotopic (exact) mass is 537 g/mol. The second kappa shape index (κ2) is 10.6. The fourth-order valence-electron chi connectivity index (χ4n) is 4.52. The first-order valence-electron chi connectivity index (χ1n) is 12.6. The van der Waals surface area contributed by atoms with Gasteiger partial charge in [0.1, 0.15) is 17.9 Å². The summed E-state index contributed by atoms with van der Waals surface area (Å²) in [5.41, 5.74) is 7.58. The van der Waals surface area contributed by atoms with Gasteiger partial charge in [-0.2, -0.15) is 4.31 Å². The summed E-state index contributed by atoms with van der Waals surface area (Å²) in [6, 6.07) is 11.7. The summed E-state index contributed by atoms with van der Waals surface area (Å²) in [6.07, 6.45) is 2.28. The van der Waals surface area contributed by atoms with E-state index < -0.39 is 15.6 Å². The SMILES string of the molecule is CCCOc1ccc(S(=O)(=O)N2CCN(CC)CC2)cc1-c1nc2ncn(-c3ccc(N)cc3)c2c(=O)[nH]1. The maximum Gasteiger partial charge on any atom is 0.277 e. The standard InChI is InChI=1S/C26H31N7O4S/c1-3-15-37-22-10-9-20(38(35,36)32-13-11-31(4-2)12-14-32)16-21(22)24-29-25-23(26(34)30-24)33(17-28-25)19-7-5-18(27)6-8-19/h5-10,16-17H,3-4,11-15,27H2,1-2H3,(H,29,30,34). The van der Waals surface area contributed by atoms with Crippen molar-refractivity contribution in [1.29, 1.82) is 0 Å². The van der Waals surface area contributed by atoms with Crippen LogP contribution in [0.15, 0.2) is 58.5 Å². The molecule has 2 aromatic heterocycles. The number of nitrogens with two attached hydrogens (primary N) is 1. The van der Waals surface area contributed by atoms with Crippen molar-refractivity contribution < 1.29 is 13.2 Å². The Hall–Kier alpha value is -3.74. The Morgan fingerprint density at radius 3 is 2.47 bits per heavy atom. The van der Waals surface area contributed by atoms with Crippen LogP contribution < -0.4 is 16.0 Å². The Bertz CT molecular complexity index is 1610. The van der Waals surface area contributed by atoms with Gasteiger partial charge in [0, 0.05) is 37.6 Å². The molecule has 0 saturated carbocycles. The number of sulfonamides is 1. The van der Waals surface area contributed by atoms with Gasteiger partial charge in [0.05, 0.1) is 17.1 Å². The van der Waals surface area contributed by atoms with Crippen molar-refractivity contribution in [2.75, 3.05) is 45.1 Å². The number of piperazine rings is 1. The van der Waals surface area contributed by atoms with Gasteiger partial charge < -0.3 is 20.4 Å². The Morgan fingerprint density at radius 2 is 1.79 bits per heavy atom. The van der Waals surface area contributed by atoms with E-state index in [9.17, 15) is 13.2 Å². The summed E-state index contributed by atoms with van der Waals surface area (Å²) < 4.78 is 36.0. The summed E-state index contributed by atoms with van der Waals surface area (Å²) in [5, 5.41) is 0. The van der Waals surface area contributed by atoms with E-state index in [2.05, 4.69) is 26.8 Å². The molecule has 0 aliphatic carbocycles. The lowest BCUT2D eigenvalue weighted by Crippen LogP contribution is -2.48. The van der Waals surface area contributed by atoms with Crippen LogP contribution in [0.25, 0.3) is 28.2 Å². The molecule has 38 heavy (non-hydrogen) atoms. The van der Waals surface area contributed by atoms with Crippen LogP contribution in [0.3, 0.4) is 0 Å². The van der Waals surface area contributed by atoms with Gasteiger partial charge in [-0.25, -0.2) is 18.4 Å². The molecule has 12 heteroatoms. The van der Waals surface area contributed by atoms with E-state index in [0.29, 0.717) is 55.5 Å². The van der Waals surface area contributed by atoms with Crippen LogP contribution in [0.4, 0.5) is 5.69 Å². The number of aromatic nitrogens is 4. The third-order valence-electron chi connectivity index (χ3n) is 6.67. The van der Waals surface area contributed by atoms with Gasteiger partial charge in [-0.05, 0) is 55.4 Å². The molecule has 4 aromatic rings. The molecule has 2 aromatic carbocycles. The quantitative estimate of drug-likeness (QED) is 0.327. The molecular weight excluding hydrogens is 506 g/mol. The van der Waals surface area contributed by atoms with Gasteiger partial charge >= 0.3 is 0 Å². The average Bonchev–Trinajstić information content (AvgIpc) is 3.37. The topological polar surface area (TPSA) is 139 Å². The molecular formula is C26H31N7O4S. The number of aromatic amines is 1. The van der Waals surface area contributed by atoms with Crippen LogP contribution >= 0.6 is 0 Å². The highest BCUT2D eigenvalue weighted by molar-refractivity contribution is 7.89. The highest BCUT2D eigenvalue weighted by Crippen LogP contribution is 2.32. The third-order valence-corrected chi connectivity index (χ3v) is 8.56. The van der Waals surface area contributed by atoms with Gasteiger partial charge in [-0.1, -0.05) is 13.8 Å². The number of rotatable bonds is 8. The number of nitrogens with zero attached hydrogens (tertiary/aromatic N) is 5. The molecule has 0 bridgehead atoms. The Morgan fingerprint density at radius 1 is 1.05 bits per heavy atom. The zero-order valence-electron chi connectivity index (χ0n) is 21.4. The number of likely N-dealkylation sites (N-methyl/N-ethyl adjacent to an activating group) is 1. The molecule has 1 saturated heterocycles. The smallest absolute Gasteiger partial charge is 0.277 e. The number of anilines is 1. The van der Waals surface area contributed by atoms with Crippen LogP contribution in [0.1, 0.15) is 20.3 Å².